The molecule has 2 rings (SSSR count). The van der Waals surface area contributed by atoms with Crippen LogP contribution in [0.1, 0.15) is 44.1 Å². The largest absolute Gasteiger partial charge is 0.475 e. The second-order valence-electron chi connectivity index (χ2n) is 5.27. The Morgan fingerprint density at radius 2 is 1.74 bits per heavy atom. The average molecular weight is 262 g/mol. The van der Waals surface area contributed by atoms with Crippen molar-refractivity contribution in [2.75, 3.05) is 7.11 Å². The van der Waals surface area contributed by atoms with Gasteiger partial charge in [0.15, 0.2) is 0 Å². The summed E-state index contributed by atoms with van der Waals surface area (Å²) in [4.78, 5) is 12.2. The molecule has 3 heteroatoms. The van der Waals surface area contributed by atoms with E-state index in [1.807, 2.05) is 31.2 Å². The van der Waals surface area contributed by atoms with Crippen LogP contribution in [-0.4, -0.2) is 18.7 Å². The van der Waals surface area contributed by atoms with Gasteiger partial charge in [0.1, 0.15) is 5.75 Å². The van der Waals surface area contributed by atoms with Crippen LogP contribution in [0.15, 0.2) is 24.3 Å². The number of methoxy groups -OCH3 is 1. The first-order chi connectivity index (χ1) is 9.18. The molecule has 0 spiro atoms. The van der Waals surface area contributed by atoms with Gasteiger partial charge in [0, 0.05) is 0 Å². The van der Waals surface area contributed by atoms with Gasteiger partial charge >= 0.3 is 5.97 Å². The van der Waals surface area contributed by atoms with Gasteiger partial charge in [0.2, 0.25) is 5.60 Å². The molecule has 19 heavy (non-hydrogen) atoms. The number of aryl methyl sites for hydroxylation is 1. The Hall–Kier alpha value is -1.51. The molecule has 104 valence electrons. The Morgan fingerprint density at radius 1 is 1.11 bits per heavy atom. The van der Waals surface area contributed by atoms with Gasteiger partial charge < -0.3 is 9.47 Å². The number of para-hydroxylation sites is 1. The van der Waals surface area contributed by atoms with Crippen molar-refractivity contribution in [2.24, 2.45) is 0 Å². The number of esters is 1. The summed E-state index contributed by atoms with van der Waals surface area (Å²) in [6.07, 6.45) is 5.84. The first kappa shape index (κ1) is 13.9. The quantitative estimate of drug-likeness (QED) is 0.616. The van der Waals surface area contributed by atoms with Gasteiger partial charge in [0.25, 0.3) is 0 Å². The maximum atomic E-state index is 12.2. The lowest BCUT2D eigenvalue weighted by Gasteiger charge is -2.31. The predicted molar refractivity (Wildman–Crippen MR) is 74.3 cm³/mol. The lowest BCUT2D eigenvalue weighted by molar-refractivity contribution is -0.160. The summed E-state index contributed by atoms with van der Waals surface area (Å²) < 4.78 is 11.1. The van der Waals surface area contributed by atoms with Gasteiger partial charge in [-0.25, -0.2) is 4.79 Å². The van der Waals surface area contributed by atoms with Crippen molar-refractivity contribution in [1.29, 1.82) is 0 Å². The Kier molecular flexibility index (Phi) is 4.46. The van der Waals surface area contributed by atoms with E-state index in [2.05, 4.69) is 0 Å². The van der Waals surface area contributed by atoms with Crippen LogP contribution < -0.4 is 4.74 Å². The lowest BCUT2D eigenvalue weighted by Crippen LogP contribution is -2.45. The van der Waals surface area contributed by atoms with E-state index >= 15 is 0 Å². The molecule has 0 atom stereocenters. The molecular formula is C16H22O3. The summed E-state index contributed by atoms with van der Waals surface area (Å²) >= 11 is 0. The molecule has 0 heterocycles. The van der Waals surface area contributed by atoms with Gasteiger partial charge in [-0.3, -0.25) is 0 Å². The number of hydrogen-bond donors (Lipinski definition) is 0. The Morgan fingerprint density at radius 3 is 2.32 bits per heavy atom. The Balaban J connectivity index is 2.27. The third-order valence-corrected chi connectivity index (χ3v) is 3.87. The van der Waals surface area contributed by atoms with E-state index in [1.165, 1.54) is 7.11 Å². The van der Waals surface area contributed by atoms with Crippen LogP contribution in [0.25, 0.3) is 0 Å². The highest BCUT2D eigenvalue weighted by Crippen LogP contribution is 2.34. The molecule has 0 unspecified atom stereocenters. The second-order valence-corrected chi connectivity index (χ2v) is 5.27. The van der Waals surface area contributed by atoms with Crippen LogP contribution in [0.5, 0.6) is 5.75 Å². The van der Waals surface area contributed by atoms with E-state index in [0.29, 0.717) is 0 Å². The second kappa shape index (κ2) is 6.09. The highest BCUT2D eigenvalue weighted by molar-refractivity contribution is 5.80. The van der Waals surface area contributed by atoms with Crippen LogP contribution >= 0.6 is 0 Å². The molecule has 1 aliphatic carbocycles. The molecule has 0 saturated heterocycles. The Labute approximate surface area is 114 Å². The summed E-state index contributed by atoms with van der Waals surface area (Å²) in [5.74, 6) is 0.549. The molecule has 1 aliphatic rings. The average Bonchev–Trinajstić information content (AvgIpc) is 2.67. The number of hydrogen-bond acceptors (Lipinski definition) is 3. The molecule has 3 nitrogen and oxygen atoms in total. The maximum absolute atomic E-state index is 12.2. The van der Waals surface area contributed by atoms with Gasteiger partial charge in [0.05, 0.1) is 7.11 Å². The SMILES string of the molecule is COC(=O)C1(Oc2ccccc2C)CCCCCC1. The molecule has 1 aromatic carbocycles. The van der Waals surface area contributed by atoms with Crippen molar-refractivity contribution in [3.8, 4) is 5.75 Å². The monoisotopic (exact) mass is 262 g/mol. The molecule has 1 aromatic rings. The van der Waals surface area contributed by atoms with E-state index in [-0.39, 0.29) is 5.97 Å². The van der Waals surface area contributed by atoms with Gasteiger partial charge in [-0.05, 0) is 44.2 Å². The zero-order chi connectivity index (χ0) is 13.7. The standard InChI is InChI=1S/C16H22O3/c1-13-9-5-6-10-14(13)19-16(15(17)18-2)11-7-3-4-8-12-16/h5-6,9-10H,3-4,7-8,11-12H2,1-2H3. The first-order valence-electron chi connectivity index (χ1n) is 7.01. The molecule has 0 bridgehead atoms. The van der Waals surface area contributed by atoms with E-state index in [9.17, 15) is 4.79 Å². The highest BCUT2D eigenvalue weighted by Gasteiger charge is 2.42. The smallest absolute Gasteiger partial charge is 0.350 e. The summed E-state index contributed by atoms with van der Waals surface area (Å²) in [5.41, 5.74) is 0.257. The third-order valence-electron chi connectivity index (χ3n) is 3.87. The topological polar surface area (TPSA) is 35.5 Å². The summed E-state index contributed by atoms with van der Waals surface area (Å²) in [5, 5.41) is 0. The van der Waals surface area contributed by atoms with Crippen LogP contribution in [0, 0.1) is 6.92 Å². The van der Waals surface area contributed by atoms with Crippen LogP contribution in [0.2, 0.25) is 0 Å². The summed E-state index contributed by atoms with van der Waals surface area (Å²) in [6.45, 7) is 2.00. The molecule has 0 aromatic heterocycles. The fraction of sp³-hybridized carbons (Fsp3) is 0.562. The van der Waals surface area contributed by atoms with E-state index in [1.54, 1.807) is 0 Å². The van der Waals surface area contributed by atoms with E-state index in [4.69, 9.17) is 9.47 Å². The van der Waals surface area contributed by atoms with Crippen LogP contribution in [-0.2, 0) is 9.53 Å². The summed E-state index contributed by atoms with van der Waals surface area (Å²) in [7, 11) is 1.44. The fourth-order valence-corrected chi connectivity index (χ4v) is 2.71. The van der Waals surface area contributed by atoms with Gasteiger partial charge in [-0.15, -0.1) is 0 Å². The van der Waals surface area contributed by atoms with E-state index in [0.717, 1.165) is 49.8 Å². The van der Waals surface area contributed by atoms with Crippen molar-refractivity contribution in [1.82, 2.24) is 0 Å². The van der Waals surface area contributed by atoms with Gasteiger partial charge in [-0.2, -0.15) is 0 Å². The van der Waals surface area contributed by atoms with Crippen molar-refractivity contribution < 1.29 is 14.3 Å². The molecular weight excluding hydrogens is 240 g/mol. The number of carbonyl (C=O) groups excluding carboxylic acids is 1. The normalized spacial score (nSPS) is 18.4. The van der Waals surface area contributed by atoms with Crippen molar-refractivity contribution in [2.45, 2.75) is 51.0 Å². The number of carbonyl (C=O) groups is 1. The molecule has 0 aliphatic heterocycles. The Bertz CT molecular complexity index is 431. The van der Waals surface area contributed by atoms with Crippen molar-refractivity contribution in [3.05, 3.63) is 29.8 Å². The van der Waals surface area contributed by atoms with Crippen LogP contribution in [0.3, 0.4) is 0 Å². The lowest BCUT2D eigenvalue weighted by atomic mass is 9.94. The number of benzene rings is 1. The highest BCUT2D eigenvalue weighted by atomic mass is 16.6. The van der Waals surface area contributed by atoms with Gasteiger partial charge in [-0.1, -0.05) is 31.0 Å². The minimum atomic E-state index is -0.794. The molecule has 1 fully saturated rings. The molecule has 0 radical (unpaired) electrons. The van der Waals surface area contributed by atoms with Crippen LogP contribution in [0.4, 0.5) is 0 Å². The third kappa shape index (κ3) is 3.09. The molecule has 0 N–H and O–H groups in total. The summed E-state index contributed by atoms with van der Waals surface area (Å²) in [6, 6.07) is 7.83. The van der Waals surface area contributed by atoms with E-state index < -0.39 is 5.60 Å². The first-order valence-corrected chi connectivity index (χ1v) is 7.01. The minimum Gasteiger partial charge on any atom is -0.475 e. The zero-order valence-corrected chi connectivity index (χ0v) is 11.8. The fourth-order valence-electron chi connectivity index (χ4n) is 2.71. The maximum Gasteiger partial charge on any atom is 0.350 e. The predicted octanol–water partition coefficient (Wildman–Crippen LogP) is 3.64. The van der Waals surface area contributed by atoms with Crippen molar-refractivity contribution >= 4 is 5.97 Å². The minimum absolute atomic E-state index is 0.238. The number of ether oxygens (including phenoxy) is 2. The van der Waals surface area contributed by atoms with Crippen molar-refractivity contribution in [3.63, 3.8) is 0 Å². The zero-order valence-electron chi connectivity index (χ0n) is 11.8. The molecule has 1 saturated carbocycles. The molecule has 0 amide bonds. The number of rotatable bonds is 3.